The van der Waals surface area contributed by atoms with Crippen molar-refractivity contribution in [3.8, 4) is 5.75 Å². The molecule has 2 heterocycles. The van der Waals surface area contributed by atoms with Crippen molar-refractivity contribution < 1.29 is 24.2 Å². The van der Waals surface area contributed by atoms with E-state index in [4.69, 9.17) is 9.47 Å². The van der Waals surface area contributed by atoms with Crippen LogP contribution in [0, 0.1) is 5.92 Å². The molecule has 1 saturated heterocycles. The summed E-state index contributed by atoms with van der Waals surface area (Å²) >= 11 is 0. The van der Waals surface area contributed by atoms with Crippen molar-refractivity contribution in [1.82, 2.24) is 20.2 Å². The molecule has 0 bridgehead atoms. The van der Waals surface area contributed by atoms with Gasteiger partial charge in [-0.3, -0.25) is 4.79 Å². The van der Waals surface area contributed by atoms with E-state index in [1.807, 2.05) is 0 Å². The highest BCUT2D eigenvalue weighted by Gasteiger charge is 2.49. The predicted octanol–water partition coefficient (Wildman–Crippen LogP) is 1.81. The molecular formula is C24H31N5O5. The maximum absolute atomic E-state index is 13.2. The average molecular weight is 470 g/mol. The maximum atomic E-state index is 13.2. The summed E-state index contributed by atoms with van der Waals surface area (Å²) in [5.74, 6) is 0.794. The lowest BCUT2D eigenvalue weighted by molar-refractivity contribution is -0.142. The van der Waals surface area contributed by atoms with Crippen molar-refractivity contribution in [3.05, 3.63) is 42.0 Å². The SMILES string of the molecule is COc1cccc(NC(=O)N[C@@H]2C[C@H](C(=O)N3CCOCC3)[C@@H](O)[C@H]2c2cnc(C3CC3)[nH]2)c1. The van der Waals surface area contributed by atoms with Gasteiger partial charge in [0.1, 0.15) is 11.6 Å². The van der Waals surface area contributed by atoms with Crippen LogP contribution in [0.4, 0.5) is 10.5 Å². The van der Waals surface area contributed by atoms with Crippen molar-refractivity contribution in [3.63, 3.8) is 0 Å². The monoisotopic (exact) mass is 469 g/mol. The lowest BCUT2D eigenvalue weighted by atomic mass is 9.96. The summed E-state index contributed by atoms with van der Waals surface area (Å²) in [6.45, 7) is 2.01. The smallest absolute Gasteiger partial charge is 0.319 e. The number of morpholine rings is 1. The minimum Gasteiger partial charge on any atom is -0.497 e. The molecule has 4 N–H and O–H groups in total. The number of aromatic nitrogens is 2. The zero-order chi connectivity index (χ0) is 23.7. The number of rotatable bonds is 6. The number of urea groups is 1. The van der Waals surface area contributed by atoms with E-state index in [1.165, 1.54) is 0 Å². The van der Waals surface area contributed by atoms with E-state index in [1.54, 1.807) is 42.5 Å². The van der Waals surface area contributed by atoms with Crippen LogP contribution >= 0.6 is 0 Å². The van der Waals surface area contributed by atoms with E-state index >= 15 is 0 Å². The first-order chi connectivity index (χ1) is 16.5. The van der Waals surface area contributed by atoms with Gasteiger partial charge in [0.05, 0.1) is 32.3 Å². The molecule has 4 atom stereocenters. The minimum absolute atomic E-state index is 0.0970. The Kier molecular flexibility index (Phi) is 6.42. The van der Waals surface area contributed by atoms with Gasteiger partial charge in [0.2, 0.25) is 5.91 Å². The number of H-pyrrole nitrogens is 1. The second-order valence-corrected chi connectivity index (χ2v) is 9.23. The maximum Gasteiger partial charge on any atom is 0.319 e. The first-order valence-corrected chi connectivity index (χ1v) is 11.8. The zero-order valence-corrected chi connectivity index (χ0v) is 19.2. The van der Waals surface area contributed by atoms with Gasteiger partial charge in [0.15, 0.2) is 0 Å². The number of imidazole rings is 1. The highest BCUT2D eigenvalue weighted by molar-refractivity contribution is 5.90. The fraction of sp³-hybridized carbons (Fsp3) is 0.542. The number of ether oxygens (including phenoxy) is 2. The third-order valence-corrected chi connectivity index (χ3v) is 6.94. The largest absolute Gasteiger partial charge is 0.497 e. The Morgan fingerprint density at radius 1 is 1.26 bits per heavy atom. The Labute approximate surface area is 198 Å². The lowest BCUT2D eigenvalue weighted by Gasteiger charge is -2.30. The first kappa shape index (κ1) is 22.7. The quantitative estimate of drug-likeness (QED) is 0.511. The molecule has 3 fully saturated rings. The number of aliphatic hydroxyl groups is 1. The molecule has 0 radical (unpaired) electrons. The van der Waals surface area contributed by atoms with Crippen molar-refractivity contribution >= 4 is 17.6 Å². The number of anilines is 1. The molecule has 1 aromatic heterocycles. The van der Waals surface area contributed by atoms with Crippen molar-refractivity contribution in [1.29, 1.82) is 0 Å². The van der Waals surface area contributed by atoms with E-state index < -0.39 is 30.0 Å². The van der Waals surface area contributed by atoms with E-state index in [0.29, 0.717) is 50.1 Å². The van der Waals surface area contributed by atoms with Gasteiger partial charge < -0.3 is 35.1 Å². The average Bonchev–Trinajstić information content (AvgIpc) is 3.51. The number of aromatic amines is 1. The van der Waals surface area contributed by atoms with Crippen LogP contribution < -0.4 is 15.4 Å². The second kappa shape index (κ2) is 9.63. The van der Waals surface area contributed by atoms with Crippen LogP contribution in [0.25, 0.3) is 0 Å². The number of carbonyl (C=O) groups excluding carboxylic acids is 2. The Balaban J connectivity index is 1.34. The predicted molar refractivity (Wildman–Crippen MR) is 124 cm³/mol. The minimum atomic E-state index is -0.940. The zero-order valence-electron chi connectivity index (χ0n) is 19.2. The number of nitrogens with zero attached hydrogens (tertiary/aromatic N) is 2. The molecule has 2 aromatic rings. The summed E-state index contributed by atoms with van der Waals surface area (Å²) in [5, 5.41) is 17.1. The van der Waals surface area contributed by atoms with Crippen LogP contribution in [-0.2, 0) is 9.53 Å². The fourth-order valence-electron chi connectivity index (χ4n) is 4.98. The highest BCUT2D eigenvalue weighted by atomic mass is 16.5. The number of amides is 3. The van der Waals surface area contributed by atoms with Crippen LogP contribution in [0.2, 0.25) is 0 Å². The van der Waals surface area contributed by atoms with Gasteiger partial charge in [-0.25, -0.2) is 9.78 Å². The molecule has 34 heavy (non-hydrogen) atoms. The van der Waals surface area contributed by atoms with E-state index in [0.717, 1.165) is 24.4 Å². The van der Waals surface area contributed by atoms with Crippen LogP contribution in [0.5, 0.6) is 5.75 Å². The molecule has 10 nitrogen and oxygen atoms in total. The summed E-state index contributed by atoms with van der Waals surface area (Å²) < 4.78 is 10.6. The van der Waals surface area contributed by atoms with E-state index in [9.17, 15) is 14.7 Å². The molecule has 3 amide bonds. The van der Waals surface area contributed by atoms with Gasteiger partial charge in [-0.2, -0.15) is 0 Å². The van der Waals surface area contributed by atoms with Crippen LogP contribution in [-0.4, -0.2) is 77.5 Å². The summed E-state index contributed by atoms with van der Waals surface area (Å²) in [4.78, 5) is 35.7. The number of methoxy groups -OCH3 is 1. The van der Waals surface area contributed by atoms with Gasteiger partial charge >= 0.3 is 6.03 Å². The number of hydrogen-bond acceptors (Lipinski definition) is 6. The molecule has 2 aliphatic carbocycles. The van der Waals surface area contributed by atoms with Crippen molar-refractivity contribution in [2.45, 2.75) is 43.2 Å². The molecule has 0 spiro atoms. The third kappa shape index (κ3) is 4.74. The summed E-state index contributed by atoms with van der Waals surface area (Å²) in [6.07, 6.45) is 3.33. The molecule has 2 saturated carbocycles. The number of benzene rings is 1. The molecule has 1 aliphatic heterocycles. The van der Waals surface area contributed by atoms with Crippen LogP contribution in [0.3, 0.4) is 0 Å². The normalized spacial score (nSPS) is 26.8. The van der Waals surface area contributed by atoms with Gasteiger partial charge in [-0.05, 0) is 31.4 Å². The standard InChI is InChI=1S/C24H31N5O5/c1-33-16-4-2-3-15(11-16)26-24(32)28-18-12-17(23(31)29-7-9-34-10-8-29)21(30)20(18)19-13-25-22(27-19)14-5-6-14/h2-4,11,13-14,17-18,20-21,30H,5-10,12H2,1H3,(H,25,27)(H2,26,28,32)/t17-,18+,20+,21+/m0/s1. The Hall–Kier alpha value is -3.11. The summed E-state index contributed by atoms with van der Waals surface area (Å²) in [5.41, 5.74) is 1.34. The van der Waals surface area contributed by atoms with Crippen LogP contribution in [0.15, 0.2) is 30.5 Å². The van der Waals surface area contributed by atoms with Gasteiger partial charge in [0, 0.05) is 54.6 Å². The van der Waals surface area contributed by atoms with Gasteiger partial charge in [-0.15, -0.1) is 0 Å². The van der Waals surface area contributed by atoms with Crippen LogP contribution in [0.1, 0.15) is 42.6 Å². The highest BCUT2D eigenvalue weighted by Crippen LogP contribution is 2.42. The van der Waals surface area contributed by atoms with E-state index in [-0.39, 0.29) is 5.91 Å². The van der Waals surface area contributed by atoms with Gasteiger partial charge in [0.25, 0.3) is 0 Å². The molecule has 5 rings (SSSR count). The Bertz CT molecular complexity index is 1030. The van der Waals surface area contributed by atoms with Crippen molar-refractivity contribution in [2.24, 2.45) is 5.92 Å². The Morgan fingerprint density at radius 2 is 2.06 bits per heavy atom. The molecule has 0 unspecified atom stereocenters. The number of hydrogen-bond donors (Lipinski definition) is 4. The number of carbonyl (C=O) groups is 2. The molecule has 10 heteroatoms. The fourth-order valence-corrected chi connectivity index (χ4v) is 4.98. The second-order valence-electron chi connectivity index (χ2n) is 9.23. The summed E-state index contributed by atoms with van der Waals surface area (Å²) in [7, 11) is 1.57. The van der Waals surface area contributed by atoms with E-state index in [2.05, 4.69) is 20.6 Å². The number of aliphatic hydroxyl groups excluding tert-OH is 1. The van der Waals surface area contributed by atoms with Crippen molar-refractivity contribution in [2.75, 3.05) is 38.7 Å². The first-order valence-electron chi connectivity index (χ1n) is 11.8. The third-order valence-electron chi connectivity index (χ3n) is 6.94. The topological polar surface area (TPSA) is 129 Å². The molecular weight excluding hydrogens is 438 g/mol. The van der Waals surface area contributed by atoms with Gasteiger partial charge in [-0.1, -0.05) is 6.07 Å². The number of nitrogens with one attached hydrogen (secondary N) is 3. The summed E-state index contributed by atoms with van der Waals surface area (Å²) in [6, 6.07) is 6.23. The molecule has 1 aromatic carbocycles. The lowest BCUT2D eigenvalue weighted by Crippen LogP contribution is -2.45. The molecule has 182 valence electrons. The Morgan fingerprint density at radius 3 is 2.79 bits per heavy atom. The molecule has 3 aliphatic rings.